The lowest BCUT2D eigenvalue weighted by molar-refractivity contribution is -0.121. The molecule has 0 spiro atoms. The van der Waals surface area contributed by atoms with Crippen molar-refractivity contribution in [3.05, 3.63) is 36.7 Å². The van der Waals surface area contributed by atoms with E-state index >= 15 is 0 Å². The van der Waals surface area contributed by atoms with Crippen LogP contribution in [0.25, 0.3) is 0 Å². The van der Waals surface area contributed by atoms with Gasteiger partial charge in [0.25, 0.3) is 0 Å². The Kier molecular flexibility index (Phi) is 7.83. The van der Waals surface area contributed by atoms with Gasteiger partial charge in [0.2, 0.25) is 11.8 Å². The molecule has 0 radical (unpaired) electrons. The second-order valence-electron chi connectivity index (χ2n) is 6.82. The van der Waals surface area contributed by atoms with Gasteiger partial charge in [0.1, 0.15) is 12.3 Å². The second kappa shape index (κ2) is 10.1. The van der Waals surface area contributed by atoms with Crippen LogP contribution in [0.15, 0.2) is 36.7 Å². The molecular weight excluding hydrogens is 382 g/mol. The molecule has 1 fully saturated rings. The smallest absolute Gasteiger partial charge is 0.246 e. The van der Waals surface area contributed by atoms with Crippen LogP contribution in [0.2, 0.25) is 0 Å². The van der Waals surface area contributed by atoms with E-state index in [-0.39, 0.29) is 42.7 Å². The van der Waals surface area contributed by atoms with Crippen molar-refractivity contribution in [1.29, 1.82) is 0 Å². The van der Waals surface area contributed by atoms with E-state index < -0.39 is 0 Å². The molecule has 0 bridgehead atoms. The summed E-state index contributed by atoms with van der Waals surface area (Å²) in [4.78, 5) is 24.5. The molecule has 8 nitrogen and oxygen atoms in total. The number of methoxy groups -OCH3 is 1. The van der Waals surface area contributed by atoms with Gasteiger partial charge in [-0.15, -0.1) is 12.4 Å². The zero-order chi connectivity index (χ0) is 19.2. The van der Waals surface area contributed by atoms with E-state index in [1.807, 2.05) is 0 Å². The van der Waals surface area contributed by atoms with E-state index in [0.29, 0.717) is 17.8 Å². The summed E-state index contributed by atoms with van der Waals surface area (Å²) in [7, 11) is 1.59. The van der Waals surface area contributed by atoms with Crippen LogP contribution in [0.4, 0.5) is 11.4 Å². The molecule has 1 saturated carbocycles. The van der Waals surface area contributed by atoms with Gasteiger partial charge in [-0.25, -0.2) is 0 Å². The van der Waals surface area contributed by atoms with E-state index in [4.69, 9.17) is 10.5 Å². The average Bonchev–Trinajstić information content (AvgIpc) is 3.09. The minimum atomic E-state index is -0.209. The fourth-order valence-electron chi connectivity index (χ4n) is 3.25. The molecule has 9 heteroatoms. The number of nitrogens with zero attached hydrogens (tertiary/aromatic N) is 2. The molecule has 1 aliphatic rings. The lowest BCUT2D eigenvalue weighted by atomic mass is 9.85. The topological polar surface area (TPSA) is 111 Å². The monoisotopic (exact) mass is 407 g/mol. The van der Waals surface area contributed by atoms with E-state index in [0.717, 1.165) is 25.0 Å². The summed E-state index contributed by atoms with van der Waals surface area (Å²) in [5.74, 6) is 0.418. The molecule has 0 saturated heterocycles. The predicted octanol–water partition coefficient (Wildman–Crippen LogP) is 2.41. The fourth-order valence-corrected chi connectivity index (χ4v) is 3.25. The molecule has 3 rings (SSSR count). The Hall–Kier alpha value is -2.58. The number of aromatic nitrogens is 2. The Morgan fingerprint density at radius 3 is 2.64 bits per heavy atom. The summed E-state index contributed by atoms with van der Waals surface area (Å²) in [5, 5.41) is 9.79. The highest BCUT2D eigenvalue weighted by atomic mass is 35.5. The standard InChI is InChI=1S/C19H25N5O3.ClH/c1-27-17-7-5-15(6-8-17)22-18(25)12-24-11-16(10-21-24)23-19(26)13-3-2-4-14(20)9-13;/h5-8,10-11,13-14H,2-4,9,12,20H2,1H3,(H,22,25)(H,23,26);1H. The largest absolute Gasteiger partial charge is 0.497 e. The zero-order valence-electron chi connectivity index (χ0n) is 15.8. The first-order valence-corrected chi connectivity index (χ1v) is 9.06. The number of nitrogens with two attached hydrogens (primary N) is 1. The number of halogens is 1. The number of amides is 2. The Morgan fingerprint density at radius 1 is 1.21 bits per heavy atom. The van der Waals surface area contributed by atoms with Gasteiger partial charge in [-0.3, -0.25) is 14.3 Å². The summed E-state index contributed by atoms with van der Waals surface area (Å²) in [5.41, 5.74) is 7.20. The maximum Gasteiger partial charge on any atom is 0.246 e. The van der Waals surface area contributed by atoms with Crippen LogP contribution in [-0.4, -0.2) is 34.7 Å². The van der Waals surface area contributed by atoms with Crippen LogP contribution in [0.1, 0.15) is 25.7 Å². The van der Waals surface area contributed by atoms with Crippen molar-refractivity contribution in [2.75, 3.05) is 17.7 Å². The quantitative estimate of drug-likeness (QED) is 0.680. The van der Waals surface area contributed by atoms with Crippen molar-refractivity contribution in [3.8, 4) is 5.75 Å². The minimum absolute atomic E-state index is 0. The predicted molar refractivity (Wildman–Crippen MR) is 110 cm³/mol. The number of anilines is 2. The summed E-state index contributed by atoms with van der Waals surface area (Å²) in [6, 6.07) is 7.17. The Bertz CT molecular complexity index is 793. The van der Waals surface area contributed by atoms with Gasteiger partial charge in [0, 0.05) is 23.8 Å². The first-order valence-electron chi connectivity index (χ1n) is 9.06. The van der Waals surface area contributed by atoms with Gasteiger partial charge in [0.05, 0.1) is 19.0 Å². The number of benzene rings is 1. The van der Waals surface area contributed by atoms with Crippen LogP contribution in [0.3, 0.4) is 0 Å². The number of rotatable bonds is 6. The first kappa shape index (κ1) is 21.7. The second-order valence-corrected chi connectivity index (χ2v) is 6.82. The normalized spacial score (nSPS) is 18.6. The number of carbonyl (C=O) groups is 2. The van der Waals surface area contributed by atoms with Crippen molar-refractivity contribution in [2.45, 2.75) is 38.3 Å². The number of ether oxygens (including phenoxy) is 1. The number of carbonyl (C=O) groups excluding carboxylic acids is 2. The van der Waals surface area contributed by atoms with Gasteiger partial charge in [-0.2, -0.15) is 5.10 Å². The summed E-state index contributed by atoms with van der Waals surface area (Å²) in [6.45, 7) is 0.0518. The van der Waals surface area contributed by atoms with Crippen LogP contribution in [0, 0.1) is 5.92 Å². The minimum Gasteiger partial charge on any atom is -0.497 e. The third-order valence-electron chi connectivity index (χ3n) is 4.67. The highest BCUT2D eigenvalue weighted by Crippen LogP contribution is 2.24. The molecule has 1 aromatic carbocycles. The summed E-state index contributed by atoms with van der Waals surface area (Å²) >= 11 is 0. The maximum atomic E-state index is 12.3. The third kappa shape index (κ3) is 5.97. The molecule has 2 aromatic rings. The van der Waals surface area contributed by atoms with Gasteiger partial charge in [0.15, 0.2) is 0 Å². The lowest BCUT2D eigenvalue weighted by Gasteiger charge is -2.25. The maximum absolute atomic E-state index is 12.3. The van der Waals surface area contributed by atoms with E-state index in [9.17, 15) is 9.59 Å². The van der Waals surface area contributed by atoms with E-state index in [2.05, 4.69) is 15.7 Å². The van der Waals surface area contributed by atoms with Gasteiger partial charge in [-0.1, -0.05) is 6.42 Å². The first-order chi connectivity index (χ1) is 13.0. The number of hydrogen-bond acceptors (Lipinski definition) is 5. The molecule has 2 amide bonds. The van der Waals surface area contributed by atoms with Gasteiger partial charge in [-0.05, 0) is 43.5 Å². The Morgan fingerprint density at radius 2 is 1.96 bits per heavy atom. The molecule has 1 aliphatic carbocycles. The summed E-state index contributed by atoms with van der Waals surface area (Å²) < 4.78 is 6.57. The molecule has 0 aliphatic heterocycles. The molecule has 2 atom stereocenters. The van der Waals surface area contributed by atoms with Crippen molar-refractivity contribution in [2.24, 2.45) is 11.7 Å². The van der Waals surface area contributed by atoms with Crippen LogP contribution in [-0.2, 0) is 16.1 Å². The highest BCUT2D eigenvalue weighted by molar-refractivity contribution is 5.93. The Balaban J connectivity index is 0.00000280. The molecule has 1 aromatic heterocycles. The van der Waals surface area contributed by atoms with Crippen molar-refractivity contribution in [3.63, 3.8) is 0 Å². The molecule has 1 heterocycles. The van der Waals surface area contributed by atoms with Crippen molar-refractivity contribution >= 4 is 35.6 Å². The fraction of sp³-hybridized carbons (Fsp3) is 0.421. The number of hydrogen-bond donors (Lipinski definition) is 3. The molecule has 4 N–H and O–H groups in total. The molecule has 28 heavy (non-hydrogen) atoms. The van der Waals surface area contributed by atoms with Crippen molar-refractivity contribution < 1.29 is 14.3 Å². The van der Waals surface area contributed by atoms with E-state index in [1.54, 1.807) is 43.8 Å². The third-order valence-corrected chi connectivity index (χ3v) is 4.67. The molecule has 2 unspecified atom stereocenters. The Labute approximate surface area is 170 Å². The summed E-state index contributed by atoms with van der Waals surface area (Å²) in [6.07, 6.45) is 6.72. The van der Waals surface area contributed by atoms with Crippen LogP contribution in [0.5, 0.6) is 5.75 Å². The van der Waals surface area contributed by atoms with E-state index in [1.165, 1.54) is 4.68 Å². The average molecular weight is 408 g/mol. The SMILES string of the molecule is COc1ccc(NC(=O)Cn2cc(NC(=O)C3CCCC(N)C3)cn2)cc1.Cl. The van der Waals surface area contributed by atoms with Crippen LogP contribution >= 0.6 is 12.4 Å². The van der Waals surface area contributed by atoms with Gasteiger partial charge >= 0.3 is 0 Å². The zero-order valence-corrected chi connectivity index (χ0v) is 16.6. The van der Waals surface area contributed by atoms with Crippen molar-refractivity contribution in [1.82, 2.24) is 9.78 Å². The highest BCUT2D eigenvalue weighted by Gasteiger charge is 2.25. The van der Waals surface area contributed by atoms with Gasteiger partial charge < -0.3 is 21.1 Å². The van der Waals surface area contributed by atoms with Crippen LogP contribution < -0.4 is 21.1 Å². The molecular formula is C19H26ClN5O3. The number of nitrogens with one attached hydrogen (secondary N) is 2. The molecule has 152 valence electrons. The lowest BCUT2D eigenvalue weighted by Crippen LogP contribution is -2.34.